The van der Waals surface area contributed by atoms with Crippen LogP contribution in [-0.4, -0.2) is 122 Å². The number of thiophene rings is 1. The number of nitrogens with zero attached hydrogens (tertiary/aromatic N) is 4. The van der Waals surface area contributed by atoms with Gasteiger partial charge in [0.05, 0.1) is 42.2 Å². The Bertz CT molecular complexity index is 1640. The maximum atomic E-state index is 11.9. The molecule has 6 heterocycles. The summed E-state index contributed by atoms with van der Waals surface area (Å²) in [6.07, 6.45) is 5.96. The van der Waals surface area contributed by atoms with Gasteiger partial charge in [0.2, 0.25) is 11.7 Å². The van der Waals surface area contributed by atoms with Gasteiger partial charge in [0, 0.05) is 55.5 Å². The fraction of sp³-hybridized carbons (Fsp3) is 0.562. The molecule has 16 heteroatoms. The number of amides is 1. The first kappa shape index (κ1) is 37.7. The highest BCUT2D eigenvalue weighted by atomic mass is 32.2. The zero-order valence-corrected chi connectivity index (χ0v) is 30.1. The summed E-state index contributed by atoms with van der Waals surface area (Å²) in [5.74, 6) is 1.94. The summed E-state index contributed by atoms with van der Waals surface area (Å²) in [6.45, 7) is 10.9. The molecule has 0 atom stereocenters. The molecule has 2 N–H and O–H groups in total. The summed E-state index contributed by atoms with van der Waals surface area (Å²) in [5.41, 5.74) is 0. The minimum absolute atomic E-state index is 0.00131. The second-order valence-corrected chi connectivity index (χ2v) is 16.9. The molecule has 0 aromatic carbocycles. The van der Waals surface area contributed by atoms with Crippen molar-refractivity contribution in [1.29, 1.82) is 0 Å². The lowest BCUT2D eigenvalue weighted by molar-refractivity contribution is -0.123. The number of hydrogen-bond acceptors (Lipinski definition) is 14. The van der Waals surface area contributed by atoms with E-state index in [1.54, 1.807) is 13.1 Å². The average molecular weight is 721 g/mol. The molecule has 3 aliphatic heterocycles. The van der Waals surface area contributed by atoms with Crippen LogP contribution >= 0.6 is 22.7 Å². The zero-order valence-electron chi connectivity index (χ0n) is 27.7. The second-order valence-electron chi connectivity index (χ2n) is 12.1. The zero-order chi connectivity index (χ0) is 34.7. The highest BCUT2D eigenvalue weighted by Gasteiger charge is 2.24. The molecule has 13 nitrogen and oxygen atoms in total. The number of piperazine rings is 1. The maximum absolute atomic E-state index is 11.9. The van der Waals surface area contributed by atoms with Gasteiger partial charge >= 0.3 is 0 Å². The minimum Gasteiger partial charge on any atom is -0.438 e. The van der Waals surface area contributed by atoms with E-state index in [0.29, 0.717) is 61.7 Å². The largest absolute Gasteiger partial charge is 0.438 e. The summed E-state index contributed by atoms with van der Waals surface area (Å²) < 4.78 is 27.7. The van der Waals surface area contributed by atoms with Gasteiger partial charge in [-0.05, 0) is 57.8 Å². The maximum Gasteiger partial charge on any atom is 0.234 e. The van der Waals surface area contributed by atoms with Gasteiger partial charge in [-0.25, -0.2) is 18.4 Å². The van der Waals surface area contributed by atoms with Crippen molar-refractivity contribution in [2.24, 2.45) is 5.92 Å². The van der Waals surface area contributed by atoms with Gasteiger partial charge in [0.15, 0.2) is 38.1 Å². The molecule has 1 amide bonds. The molecule has 3 aromatic rings. The molecule has 262 valence electrons. The fourth-order valence-corrected chi connectivity index (χ4v) is 8.06. The van der Waals surface area contributed by atoms with Crippen LogP contribution in [0.1, 0.15) is 64.9 Å². The fourth-order valence-electron chi connectivity index (χ4n) is 5.29. The van der Waals surface area contributed by atoms with Crippen LogP contribution in [0, 0.1) is 26.7 Å². The third-order valence-electron chi connectivity index (χ3n) is 7.99. The van der Waals surface area contributed by atoms with Crippen LogP contribution in [0.15, 0.2) is 28.9 Å². The third-order valence-corrected chi connectivity index (χ3v) is 11.6. The van der Waals surface area contributed by atoms with Crippen LogP contribution in [0.3, 0.4) is 0 Å². The molecule has 0 unspecified atom stereocenters. The number of oxazole rings is 1. The standard InChI is InChI=1S/C11H14N2O2S.C11H16N2O2.C10H14N2O3S2/c1-8-2-3-10(16-8)9(14)6-13-5-4-12-11(15)7-13;1-8-13-7-11(15-8)10(14)6-9-2-4-12-5-3-9;1-8-6-11-10(16-8)9(13)7-12-2-4-17(14,15)5-3-12/h2-3H,4-7H2,1H3,(H,12,15);7,9,12H,2-6H2,1H3;6H,2-5,7H2,1H3. The number of ketones is 3. The van der Waals surface area contributed by atoms with E-state index in [-0.39, 0.29) is 41.3 Å². The van der Waals surface area contributed by atoms with Gasteiger partial charge in [-0.15, -0.1) is 22.7 Å². The molecule has 48 heavy (non-hydrogen) atoms. The number of aryl methyl sites for hydroxylation is 3. The van der Waals surface area contributed by atoms with E-state index in [2.05, 4.69) is 20.6 Å². The Morgan fingerprint density at radius 2 is 1.58 bits per heavy atom. The smallest absolute Gasteiger partial charge is 0.234 e. The summed E-state index contributed by atoms with van der Waals surface area (Å²) in [7, 11) is -2.88. The van der Waals surface area contributed by atoms with Gasteiger partial charge in [0.25, 0.3) is 0 Å². The van der Waals surface area contributed by atoms with Gasteiger partial charge in [-0.1, -0.05) is 0 Å². The average Bonchev–Trinajstić information content (AvgIpc) is 3.81. The molecular weight excluding hydrogens is 677 g/mol. The van der Waals surface area contributed by atoms with Gasteiger partial charge in [-0.3, -0.25) is 29.0 Å². The number of aromatic nitrogens is 2. The predicted octanol–water partition coefficient (Wildman–Crippen LogP) is 2.59. The molecule has 0 saturated carbocycles. The third kappa shape index (κ3) is 12.4. The summed E-state index contributed by atoms with van der Waals surface area (Å²) in [4.78, 5) is 61.3. The lowest BCUT2D eigenvalue weighted by atomic mass is 9.92. The number of sulfone groups is 1. The molecule has 3 saturated heterocycles. The van der Waals surface area contributed by atoms with Crippen LogP contribution in [0.25, 0.3) is 0 Å². The normalized spacial score (nSPS) is 18.5. The lowest BCUT2D eigenvalue weighted by Crippen LogP contribution is -2.49. The van der Waals surface area contributed by atoms with Crippen molar-refractivity contribution in [3.63, 3.8) is 0 Å². The Labute approximate surface area is 289 Å². The quantitative estimate of drug-likeness (QED) is 0.310. The van der Waals surface area contributed by atoms with E-state index in [1.807, 2.05) is 35.8 Å². The topological polar surface area (TPSA) is 172 Å². The van der Waals surface area contributed by atoms with Crippen LogP contribution in [0.2, 0.25) is 0 Å². The number of piperidine rings is 1. The summed E-state index contributed by atoms with van der Waals surface area (Å²) in [6, 6.07) is 3.80. The molecular formula is C32H44N6O7S3. The lowest BCUT2D eigenvalue weighted by Gasteiger charge is -2.25. The Morgan fingerprint density at radius 1 is 0.875 bits per heavy atom. The van der Waals surface area contributed by atoms with Crippen molar-refractivity contribution < 1.29 is 32.0 Å². The van der Waals surface area contributed by atoms with E-state index in [1.165, 1.54) is 28.9 Å². The predicted molar refractivity (Wildman–Crippen MR) is 185 cm³/mol. The van der Waals surface area contributed by atoms with Crippen molar-refractivity contribution >= 4 is 55.8 Å². The Hall–Kier alpha value is -3.15. The molecule has 3 fully saturated rings. The minimum atomic E-state index is -2.88. The van der Waals surface area contributed by atoms with E-state index < -0.39 is 9.84 Å². The highest BCUT2D eigenvalue weighted by Crippen LogP contribution is 2.19. The summed E-state index contributed by atoms with van der Waals surface area (Å²) in [5, 5.41) is 6.53. The first-order chi connectivity index (χ1) is 22.9. The van der Waals surface area contributed by atoms with Crippen LogP contribution in [0.5, 0.6) is 0 Å². The van der Waals surface area contributed by atoms with Crippen LogP contribution in [-0.2, 0) is 14.6 Å². The molecule has 6 rings (SSSR count). The number of nitrogens with one attached hydrogen (secondary N) is 2. The monoisotopic (exact) mass is 720 g/mol. The number of rotatable bonds is 9. The molecule has 3 aliphatic rings. The Morgan fingerprint density at radius 3 is 2.17 bits per heavy atom. The number of hydrogen-bond donors (Lipinski definition) is 2. The van der Waals surface area contributed by atoms with Crippen molar-refractivity contribution in [1.82, 2.24) is 30.4 Å². The Kier molecular flexibility index (Phi) is 14.1. The van der Waals surface area contributed by atoms with Crippen LogP contribution < -0.4 is 10.6 Å². The van der Waals surface area contributed by atoms with E-state index in [0.717, 1.165) is 47.1 Å². The second kappa shape index (κ2) is 18.0. The number of Topliss-reactive ketones (excluding diaryl/α,β-unsaturated/α-hetero) is 3. The van der Waals surface area contributed by atoms with E-state index >= 15 is 0 Å². The SMILES string of the molecule is Cc1ccc(C(=O)CN2CCNC(=O)C2)s1.Cc1cnc(C(=O)CN2CCS(=O)(=O)CC2)s1.Cc1ncc(C(=O)CC2CCNCC2)o1. The van der Waals surface area contributed by atoms with Gasteiger partial charge in [-0.2, -0.15) is 0 Å². The Balaban J connectivity index is 0.000000163. The highest BCUT2D eigenvalue weighted by molar-refractivity contribution is 7.91. The van der Waals surface area contributed by atoms with Crippen molar-refractivity contribution in [2.75, 3.05) is 70.4 Å². The van der Waals surface area contributed by atoms with E-state index in [4.69, 9.17) is 4.42 Å². The van der Waals surface area contributed by atoms with Crippen molar-refractivity contribution in [3.05, 3.63) is 55.8 Å². The van der Waals surface area contributed by atoms with E-state index in [9.17, 15) is 27.6 Å². The summed E-state index contributed by atoms with van der Waals surface area (Å²) >= 11 is 2.89. The number of carbonyl (C=O) groups excluding carboxylic acids is 4. The van der Waals surface area contributed by atoms with Crippen molar-refractivity contribution in [2.45, 2.75) is 40.0 Å². The van der Waals surface area contributed by atoms with Crippen molar-refractivity contribution in [3.8, 4) is 0 Å². The molecule has 0 bridgehead atoms. The molecule has 0 aliphatic carbocycles. The molecule has 3 aromatic heterocycles. The van der Waals surface area contributed by atoms with Crippen LogP contribution in [0.4, 0.5) is 0 Å². The number of carbonyl (C=O) groups is 4. The molecule has 0 spiro atoms. The number of thiazole rings is 1. The molecule has 0 radical (unpaired) electrons. The first-order valence-corrected chi connectivity index (χ1v) is 19.5. The van der Waals surface area contributed by atoms with Gasteiger partial charge < -0.3 is 15.1 Å². The van der Waals surface area contributed by atoms with Gasteiger partial charge in [0.1, 0.15) is 0 Å². The first-order valence-electron chi connectivity index (χ1n) is 16.0.